The van der Waals surface area contributed by atoms with E-state index in [2.05, 4.69) is 35.0 Å². The number of benzene rings is 2. The smallest absolute Gasteiger partial charge is 0.141 e. The van der Waals surface area contributed by atoms with Gasteiger partial charge >= 0.3 is 0 Å². The molecule has 0 saturated heterocycles. The Labute approximate surface area is 129 Å². The van der Waals surface area contributed by atoms with Crippen LogP contribution in [0, 0.1) is 0 Å². The largest absolute Gasteiger partial charge is 0.456 e. The Morgan fingerprint density at radius 3 is 2.40 bits per heavy atom. The van der Waals surface area contributed by atoms with Gasteiger partial charge in [0.25, 0.3) is 0 Å². The van der Waals surface area contributed by atoms with Gasteiger partial charge in [-0.05, 0) is 64.7 Å². The average molecular weight is 334 g/mol. The molecule has 3 heteroatoms. The second-order valence-corrected chi connectivity index (χ2v) is 5.83. The molecule has 2 aromatic rings. The number of aryl methyl sites for hydroxylation is 1. The molecule has 0 saturated carbocycles. The summed E-state index contributed by atoms with van der Waals surface area (Å²) in [4.78, 5) is 0. The lowest BCUT2D eigenvalue weighted by Crippen LogP contribution is -2.04. The predicted molar refractivity (Wildman–Crippen MR) is 87.3 cm³/mol. The molecule has 0 bridgehead atoms. The molecule has 0 heterocycles. The first-order valence-electron chi connectivity index (χ1n) is 6.92. The van der Waals surface area contributed by atoms with Gasteiger partial charge in [-0.15, -0.1) is 0 Å². The molecule has 0 radical (unpaired) electrons. The minimum absolute atomic E-state index is 0.0219. The van der Waals surface area contributed by atoms with Gasteiger partial charge in [-0.2, -0.15) is 0 Å². The van der Waals surface area contributed by atoms with Crippen LogP contribution in [0.2, 0.25) is 0 Å². The third-order valence-electron chi connectivity index (χ3n) is 3.17. The summed E-state index contributed by atoms with van der Waals surface area (Å²) in [6, 6.07) is 14.2. The van der Waals surface area contributed by atoms with Crippen molar-refractivity contribution in [2.75, 3.05) is 0 Å². The van der Waals surface area contributed by atoms with Crippen LogP contribution in [-0.2, 0) is 6.42 Å². The molecular weight excluding hydrogens is 314 g/mol. The Morgan fingerprint density at radius 2 is 1.85 bits per heavy atom. The van der Waals surface area contributed by atoms with Crippen LogP contribution >= 0.6 is 15.9 Å². The zero-order valence-corrected chi connectivity index (χ0v) is 13.5. The van der Waals surface area contributed by atoms with Gasteiger partial charge in [-0.1, -0.05) is 31.5 Å². The fourth-order valence-corrected chi connectivity index (χ4v) is 2.50. The minimum Gasteiger partial charge on any atom is -0.456 e. The average Bonchev–Trinajstić information content (AvgIpc) is 2.43. The lowest BCUT2D eigenvalue weighted by molar-refractivity contribution is 0.479. The fourth-order valence-electron chi connectivity index (χ4n) is 2.02. The highest BCUT2D eigenvalue weighted by Gasteiger charge is 2.06. The molecule has 0 spiro atoms. The molecule has 1 atom stereocenters. The summed E-state index contributed by atoms with van der Waals surface area (Å²) in [5, 5.41) is 0. The summed E-state index contributed by atoms with van der Waals surface area (Å²) in [5.41, 5.74) is 8.29. The molecule has 2 aromatic carbocycles. The molecule has 0 aliphatic heterocycles. The molecule has 20 heavy (non-hydrogen) atoms. The third kappa shape index (κ3) is 3.84. The van der Waals surface area contributed by atoms with Crippen LogP contribution in [0.15, 0.2) is 46.9 Å². The van der Waals surface area contributed by atoms with Crippen LogP contribution in [-0.4, -0.2) is 0 Å². The standard InChI is InChI=1S/C17H20BrNO/c1-3-4-13-5-8-15(9-6-13)20-17-10-7-14(12(2)19)11-16(17)18/h5-12H,3-4,19H2,1-2H3. The minimum atomic E-state index is 0.0219. The Balaban J connectivity index is 2.13. The van der Waals surface area contributed by atoms with Gasteiger partial charge in [-0.25, -0.2) is 0 Å². The second-order valence-electron chi connectivity index (χ2n) is 4.97. The van der Waals surface area contributed by atoms with E-state index in [-0.39, 0.29) is 6.04 Å². The number of halogens is 1. The van der Waals surface area contributed by atoms with Crippen molar-refractivity contribution >= 4 is 15.9 Å². The summed E-state index contributed by atoms with van der Waals surface area (Å²) in [5.74, 6) is 1.65. The van der Waals surface area contributed by atoms with E-state index >= 15 is 0 Å². The molecule has 106 valence electrons. The summed E-state index contributed by atoms with van der Waals surface area (Å²) in [6.07, 6.45) is 2.26. The van der Waals surface area contributed by atoms with Gasteiger partial charge in [0.15, 0.2) is 0 Å². The maximum Gasteiger partial charge on any atom is 0.141 e. The van der Waals surface area contributed by atoms with Crippen LogP contribution in [0.4, 0.5) is 0 Å². The first-order chi connectivity index (χ1) is 9.60. The van der Waals surface area contributed by atoms with Crippen LogP contribution in [0.3, 0.4) is 0 Å². The van der Waals surface area contributed by atoms with Gasteiger partial charge in [0.05, 0.1) is 4.47 Å². The van der Waals surface area contributed by atoms with E-state index in [1.54, 1.807) is 0 Å². The molecule has 0 aliphatic carbocycles. The highest BCUT2D eigenvalue weighted by Crippen LogP contribution is 2.31. The fraction of sp³-hybridized carbons (Fsp3) is 0.294. The van der Waals surface area contributed by atoms with Crippen molar-refractivity contribution in [3.8, 4) is 11.5 Å². The van der Waals surface area contributed by atoms with Crippen LogP contribution in [0.5, 0.6) is 11.5 Å². The molecular formula is C17H20BrNO. The normalized spacial score (nSPS) is 12.2. The van der Waals surface area contributed by atoms with Gasteiger partial charge < -0.3 is 10.5 Å². The highest BCUT2D eigenvalue weighted by atomic mass is 79.9. The Bertz CT molecular complexity index is 564. The third-order valence-corrected chi connectivity index (χ3v) is 3.79. The maximum atomic E-state index is 5.89. The number of hydrogen-bond donors (Lipinski definition) is 1. The molecule has 0 aliphatic rings. The van der Waals surface area contributed by atoms with E-state index in [0.717, 1.165) is 34.4 Å². The van der Waals surface area contributed by atoms with Gasteiger partial charge in [0.2, 0.25) is 0 Å². The van der Waals surface area contributed by atoms with E-state index in [1.807, 2.05) is 37.3 Å². The Kier molecular flexibility index (Phi) is 5.21. The number of nitrogens with two attached hydrogens (primary N) is 1. The number of rotatable bonds is 5. The monoisotopic (exact) mass is 333 g/mol. The maximum absolute atomic E-state index is 5.89. The topological polar surface area (TPSA) is 35.2 Å². The highest BCUT2D eigenvalue weighted by molar-refractivity contribution is 9.10. The van der Waals surface area contributed by atoms with Crippen LogP contribution in [0.1, 0.15) is 37.4 Å². The molecule has 2 nitrogen and oxygen atoms in total. The Hall–Kier alpha value is -1.32. The van der Waals surface area contributed by atoms with E-state index in [0.29, 0.717) is 0 Å². The van der Waals surface area contributed by atoms with Gasteiger partial charge in [-0.3, -0.25) is 0 Å². The van der Waals surface area contributed by atoms with Crippen molar-refractivity contribution in [2.45, 2.75) is 32.7 Å². The van der Waals surface area contributed by atoms with Gasteiger partial charge in [0, 0.05) is 6.04 Å². The predicted octanol–water partition coefficient (Wildman–Crippen LogP) is 5.21. The summed E-state index contributed by atoms with van der Waals surface area (Å²) in [6.45, 7) is 4.15. The van der Waals surface area contributed by atoms with E-state index in [4.69, 9.17) is 10.5 Å². The number of ether oxygens (including phenoxy) is 1. The van der Waals surface area contributed by atoms with Crippen LogP contribution in [0.25, 0.3) is 0 Å². The SMILES string of the molecule is CCCc1ccc(Oc2ccc(C(C)N)cc2Br)cc1. The summed E-state index contributed by atoms with van der Waals surface area (Å²) >= 11 is 3.53. The molecule has 0 aromatic heterocycles. The van der Waals surface area contributed by atoms with Crippen molar-refractivity contribution in [1.82, 2.24) is 0 Å². The quantitative estimate of drug-likeness (QED) is 0.814. The lowest BCUT2D eigenvalue weighted by atomic mass is 10.1. The second kappa shape index (κ2) is 6.91. The lowest BCUT2D eigenvalue weighted by Gasteiger charge is -2.11. The zero-order chi connectivity index (χ0) is 14.5. The summed E-state index contributed by atoms with van der Waals surface area (Å²) < 4.78 is 6.81. The Morgan fingerprint density at radius 1 is 1.15 bits per heavy atom. The van der Waals surface area contributed by atoms with Crippen molar-refractivity contribution in [3.05, 3.63) is 58.1 Å². The van der Waals surface area contributed by atoms with Crippen molar-refractivity contribution < 1.29 is 4.74 Å². The molecule has 0 fully saturated rings. The van der Waals surface area contributed by atoms with Crippen LogP contribution < -0.4 is 10.5 Å². The molecule has 1 unspecified atom stereocenters. The number of hydrogen-bond acceptors (Lipinski definition) is 2. The molecule has 0 amide bonds. The van der Waals surface area contributed by atoms with Crippen molar-refractivity contribution in [1.29, 1.82) is 0 Å². The van der Waals surface area contributed by atoms with Crippen molar-refractivity contribution in [2.24, 2.45) is 5.73 Å². The zero-order valence-electron chi connectivity index (χ0n) is 11.9. The summed E-state index contributed by atoms with van der Waals surface area (Å²) in [7, 11) is 0. The molecule has 2 N–H and O–H groups in total. The van der Waals surface area contributed by atoms with E-state index in [1.165, 1.54) is 5.56 Å². The van der Waals surface area contributed by atoms with Gasteiger partial charge in [0.1, 0.15) is 11.5 Å². The first kappa shape index (κ1) is 15.1. The first-order valence-corrected chi connectivity index (χ1v) is 7.71. The van der Waals surface area contributed by atoms with E-state index < -0.39 is 0 Å². The molecule has 2 rings (SSSR count). The van der Waals surface area contributed by atoms with E-state index in [9.17, 15) is 0 Å². The van der Waals surface area contributed by atoms with Crippen molar-refractivity contribution in [3.63, 3.8) is 0 Å².